The number of carbonyl (C=O) groups excluding carboxylic acids is 1. The number of thiophene rings is 1. The van der Waals surface area contributed by atoms with Gasteiger partial charge in [-0.1, -0.05) is 0 Å². The Bertz CT molecular complexity index is 627. The number of nitrogens with zero attached hydrogens (tertiary/aromatic N) is 1. The van der Waals surface area contributed by atoms with Gasteiger partial charge in [-0.2, -0.15) is 0 Å². The zero-order valence-electron chi connectivity index (χ0n) is 12.5. The molecular weight excluding hydrogens is 412 g/mol. The molecule has 0 atom stereocenters. The van der Waals surface area contributed by atoms with Gasteiger partial charge in [-0.25, -0.2) is 8.42 Å². The molecule has 5 nitrogen and oxygen atoms in total. The molecule has 2 heterocycles. The van der Waals surface area contributed by atoms with Gasteiger partial charge in [0.2, 0.25) is 5.91 Å². The standard InChI is InChI=1S/C13H19BrN2O3S2.ClH/c1-16(9-10-3-4-11(14)20-10)12(17)13(21(2,18)19)5-7-15-8-6-13;/h3-4,15H,5-9H2,1-2H3;1H. The Morgan fingerprint density at radius 2 is 2.00 bits per heavy atom. The van der Waals surface area contributed by atoms with Crippen molar-refractivity contribution < 1.29 is 13.2 Å². The number of sulfone groups is 1. The van der Waals surface area contributed by atoms with Gasteiger partial charge in [0.15, 0.2) is 14.6 Å². The van der Waals surface area contributed by atoms with Crippen LogP contribution < -0.4 is 5.32 Å². The van der Waals surface area contributed by atoms with Gasteiger partial charge in [-0.3, -0.25) is 4.79 Å². The van der Waals surface area contributed by atoms with Crippen LogP contribution in [0, 0.1) is 0 Å². The summed E-state index contributed by atoms with van der Waals surface area (Å²) in [6, 6.07) is 3.86. The van der Waals surface area contributed by atoms with Crippen molar-refractivity contribution in [2.45, 2.75) is 24.1 Å². The number of carbonyl (C=O) groups is 1. The summed E-state index contributed by atoms with van der Waals surface area (Å²) in [6.07, 6.45) is 1.85. The minimum atomic E-state index is -3.46. The van der Waals surface area contributed by atoms with Crippen molar-refractivity contribution in [3.63, 3.8) is 0 Å². The number of hydrogen-bond acceptors (Lipinski definition) is 5. The Hall–Kier alpha value is -0.150. The normalized spacial score (nSPS) is 17.6. The fourth-order valence-corrected chi connectivity index (χ4v) is 5.62. The van der Waals surface area contributed by atoms with Crippen LogP contribution >= 0.6 is 39.7 Å². The summed E-state index contributed by atoms with van der Waals surface area (Å²) in [5, 5.41) is 3.12. The summed E-state index contributed by atoms with van der Waals surface area (Å²) < 4.78 is 24.2. The molecule has 1 aliphatic heterocycles. The van der Waals surface area contributed by atoms with E-state index in [1.807, 2.05) is 12.1 Å². The van der Waals surface area contributed by atoms with Crippen LogP contribution in [-0.2, 0) is 21.2 Å². The van der Waals surface area contributed by atoms with Crippen molar-refractivity contribution in [3.8, 4) is 0 Å². The first-order chi connectivity index (χ1) is 9.76. The SMILES string of the molecule is CN(Cc1ccc(Br)s1)C(=O)C1(S(C)(=O)=O)CCNCC1.Cl. The van der Waals surface area contributed by atoms with Gasteiger partial charge < -0.3 is 10.2 Å². The molecule has 1 aromatic heterocycles. The van der Waals surface area contributed by atoms with E-state index in [1.165, 1.54) is 11.2 Å². The topological polar surface area (TPSA) is 66.5 Å². The van der Waals surface area contributed by atoms with Crippen LogP contribution in [0.5, 0.6) is 0 Å². The highest BCUT2D eigenvalue weighted by Crippen LogP contribution is 2.31. The molecule has 0 spiro atoms. The molecule has 0 radical (unpaired) electrons. The number of halogens is 2. The lowest BCUT2D eigenvalue weighted by atomic mass is 9.95. The third kappa shape index (κ3) is 4.03. The van der Waals surface area contributed by atoms with Crippen molar-refractivity contribution in [2.24, 2.45) is 0 Å². The Morgan fingerprint density at radius 1 is 1.41 bits per heavy atom. The Kier molecular flexibility index (Phi) is 6.88. The maximum atomic E-state index is 12.8. The van der Waals surface area contributed by atoms with Crippen molar-refractivity contribution in [2.75, 3.05) is 26.4 Å². The summed E-state index contributed by atoms with van der Waals surface area (Å²) in [5.74, 6) is -0.295. The number of amides is 1. The van der Waals surface area contributed by atoms with E-state index in [9.17, 15) is 13.2 Å². The van der Waals surface area contributed by atoms with E-state index in [1.54, 1.807) is 18.4 Å². The molecule has 0 unspecified atom stereocenters. The molecule has 0 aliphatic carbocycles. The van der Waals surface area contributed by atoms with Gasteiger partial charge in [0.1, 0.15) is 0 Å². The zero-order valence-corrected chi connectivity index (χ0v) is 16.5. The minimum absolute atomic E-state index is 0. The smallest absolute Gasteiger partial charge is 0.244 e. The lowest BCUT2D eigenvalue weighted by Crippen LogP contribution is -2.57. The number of rotatable bonds is 4. The quantitative estimate of drug-likeness (QED) is 0.792. The molecule has 1 amide bonds. The number of nitrogens with one attached hydrogen (secondary N) is 1. The first-order valence-electron chi connectivity index (χ1n) is 6.66. The van der Waals surface area contributed by atoms with Crippen LogP contribution in [0.15, 0.2) is 15.9 Å². The first-order valence-corrected chi connectivity index (χ1v) is 10.2. The summed E-state index contributed by atoms with van der Waals surface area (Å²) in [4.78, 5) is 15.3. The lowest BCUT2D eigenvalue weighted by Gasteiger charge is -2.37. The summed E-state index contributed by atoms with van der Waals surface area (Å²) >= 11 is 4.94. The predicted octanol–water partition coefficient (Wildman–Crippen LogP) is 2.06. The molecule has 0 saturated carbocycles. The second kappa shape index (κ2) is 7.61. The fraction of sp³-hybridized carbons (Fsp3) is 0.615. The largest absolute Gasteiger partial charge is 0.339 e. The number of piperidine rings is 1. The van der Waals surface area contributed by atoms with E-state index < -0.39 is 14.6 Å². The van der Waals surface area contributed by atoms with Crippen LogP contribution in [0.25, 0.3) is 0 Å². The van der Waals surface area contributed by atoms with E-state index in [-0.39, 0.29) is 18.3 Å². The van der Waals surface area contributed by atoms with E-state index in [2.05, 4.69) is 21.2 Å². The summed E-state index contributed by atoms with van der Waals surface area (Å²) in [7, 11) is -1.78. The molecule has 1 aromatic rings. The highest BCUT2D eigenvalue weighted by Gasteiger charge is 2.49. The third-order valence-electron chi connectivity index (χ3n) is 3.88. The van der Waals surface area contributed by atoms with Crippen LogP contribution in [0.4, 0.5) is 0 Å². The number of hydrogen-bond donors (Lipinski definition) is 1. The average molecular weight is 432 g/mol. The highest BCUT2D eigenvalue weighted by atomic mass is 79.9. The van der Waals surface area contributed by atoms with Crippen LogP contribution in [-0.4, -0.2) is 50.4 Å². The molecule has 126 valence electrons. The van der Waals surface area contributed by atoms with Gasteiger partial charge >= 0.3 is 0 Å². The Balaban J connectivity index is 0.00000242. The molecule has 1 N–H and O–H groups in total. The molecule has 1 aliphatic rings. The van der Waals surface area contributed by atoms with Crippen LogP contribution in [0.2, 0.25) is 0 Å². The molecule has 0 bridgehead atoms. The maximum Gasteiger partial charge on any atom is 0.244 e. The highest BCUT2D eigenvalue weighted by molar-refractivity contribution is 9.11. The first kappa shape index (κ1) is 19.9. The summed E-state index contributed by atoms with van der Waals surface area (Å²) in [6.45, 7) is 1.54. The Labute approximate surface area is 149 Å². The third-order valence-corrected chi connectivity index (χ3v) is 7.49. The monoisotopic (exact) mass is 430 g/mol. The zero-order chi connectivity index (χ0) is 15.7. The van der Waals surface area contributed by atoms with E-state index in [4.69, 9.17) is 0 Å². The second-order valence-electron chi connectivity index (χ2n) is 5.38. The van der Waals surface area contributed by atoms with Gasteiger partial charge in [0.25, 0.3) is 0 Å². The molecular formula is C13H20BrClN2O3S2. The van der Waals surface area contributed by atoms with E-state index in [0.29, 0.717) is 32.5 Å². The molecule has 22 heavy (non-hydrogen) atoms. The second-order valence-corrected chi connectivity index (χ2v) is 10.3. The molecule has 1 saturated heterocycles. The molecule has 2 rings (SSSR count). The predicted molar refractivity (Wildman–Crippen MR) is 95.4 cm³/mol. The van der Waals surface area contributed by atoms with E-state index >= 15 is 0 Å². The van der Waals surface area contributed by atoms with Gasteiger partial charge in [-0.15, -0.1) is 23.7 Å². The minimum Gasteiger partial charge on any atom is -0.339 e. The Morgan fingerprint density at radius 3 is 2.45 bits per heavy atom. The van der Waals surface area contributed by atoms with Gasteiger partial charge in [0.05, 0.1) is 10.3 Å². The lowest BCUT2D eigenvalue weighted by molar-refractivity contribution is -0.133. The van der Waals surface area contributed by atoms with Crippen LogP contribution in [0.1, 0.15) is 17.7 Å². The van der Waals surface area contributed by atoms with Gasteiger partial charge in [-0.05, 0) is 54.0 Å². The fourth-order valence-electron chi connectivity index (χ4n) is 2.66. The van der Waals surface area contributed by atoms with E-state index in [0.717, 1.165) is 8.66 Å². The van der Waals surface area contributed by atoms with Crippen molar-refractivity contribution >= 4 is 55.4 Å². The summed E-state index contributed by atoms with van der Waals surface area (Å²) in [5.41, 5.74) is 0. The maximum absolute atomic E-state index is 12.8. The van der Waals surface area contributed by atoms with Crippen LogP contribution in [0.3, 0.4) is 0 Å². The molecule has 9 heteroatoms. The van der Waals surface area contributed by atoms with Gasteiger partial charge in [0, 0.05) is 18.2 Å². The average Bonchev–Trinajstić information content (AvgIpc) is 2.82. The van der Waals surface area contributed by atoms with Crippen molar-refractivity contribution in [1.82, 2.24) is 10.2 Å². The van der Waals surface area contributed by atoms with Crippen molar-refractivity contribution in [3.05, 3.63) is 20.8 Å². The molecule has 0 aromatic carbocycles. The molecule has 1 fully saturated rings. The van der Waals surface area contributed by atoms with Crippen molar-refractivity contribution in [1.29, 1.82) is 0 Å².